The van der Waals surface area contributed by atoms with Gasteiger partial charge in [-0.05, 0) is 103 Å². The number of nitrogens with one attached hydrogen (secondary N) is 1. The average Bonchev–Trinajstić information content (AvgIpc) is 2.79. The summed E-state index contributed by atoms with van der Waals surface area (Å²) in [6.07, 6.45) is 15.3. The van der Waals surface area contributed by atoms with E-state index < -0.39 is 0 Å². The standard InChI is InChI=1S/C33H51NO2/c1-9-19-34-27(36)30(5)16-15-29(4)17-18-32(7)22(23(29)21-30)20-24(35)26-31(6)13-10-12-28(2,3)25(31)11-14-33(26,32)8/h9,20,23,25-26H,1,10-19,21H2,2-8H3,(H,34,36)/t23-,25?,26-,29-,30?,31+,32-,33-/m1/s1. The Morgan fingerprint density at radius 1 is 1.00 bits per heavy atom. The molecule has 5 rings (SSSR count). The van der Waals surface area contributed by atoms with Crippen LogP contribution in [-0.4, -0.2) is 18.2 Å². The van der Waals surface area contributed by atoms with E-state index in [1.165, 1.54) is 44.1 Å². The Kier molecular flexibility index (Phi) is 5.87. The second-order valence-corrected chi connectivity index (χ2v) is 15.6. The van der Waals surface area contributed by atoms with Crippen LogP contribution in [-0.2, 0) is 9.59 Å². The molecule has 0 aromatic carbocycles. The van der Waals surface area contributed by atoms with Gasteiger partial charge in [0.15, 0.2) is 5.78 Å². The van der Waals surface area contributed by atoms with Crippen LogP contribution in [0.25, 0.3) is 0 Å². The first-order chi connectivity index (χ1) is 16.7. The van der Waals surface area contributed by atoms with Gasteiger partial charge in [-0.2, -0.15) is 0 Å². The average molecular weight is 494 g/mol. The predicted octanol–water partition coefficient (Wildman–Crippen LogP) is 7.66. The number of hydrogen-bond acceptors (Lipinski definition) is 2. The number of fused-ring (bicyclic) bond motifs is 7. The molecule has 0 saturated heterocycles. The lowest BCUT2D eigenvalue weighted by Crippen LogP contribution is -2.65. The molecule has 2 unspecified atom stereocenters. The molecule has 0 aromatic rings. The number of rotatable bonds is 3. The fourth-order valence-corrected chi connectivity index (χ4v) is 10.9. The third kappa shape index (κ3) is 3.35. The van der Waals surface area contributed by atoms with Crippen LogP contribution in [0.5, 0.6) is 0 Å². The molecule has 200 valence electrons. The summed E-state index contributed by atoms with van der Waals surface area (Å²) in [4.78, 5) is 27.6. The second-order valence-electron chi connectivity index (χ2n) is 15.6. The molecule has 5 aliphatic rings. The fraction of sp³-hybridized carbons (Fsp3) is 0.818. The summed E-state index contributed by atoms with van der Waals surface area (Å²) >= 11 is 0. The van der Waals surface area contributed by atoms with Crippen molar-refractivity contribution in [3.05, 3.63) is 24.3 Å². The zero-order valence-corrected chi connectivity index (χ0v) is 24.2. The monoisotopic (exact) mass is 493 g/mol. The number of carbonyl (C=O) groups is 2. The van der Waals surface area contributed by atoms with Gasteiger partial charge in [0, 0.05) is 17.9 Å². The largest absolute Gasteiger partial charge is 0.352 e. The van der Waals surface area contributed by atoms with Gasteiger partial charge in [0.2, 0.25) is 5.91 Å². The molecule has 3 heteroatoms. The van der Waals surface area contributed by atoms with Crippen LogP contribution < -0.4 is 5.32 Å². The van der Waals surface area contributed by atoms with E-state index in [0.717, 1.165) is 25.7 Å². The molecule has 0 aliphatic heterocycles. The van der Waals surface area contributed by atoms with Crippen molar-refractivity contribution in [2.24, 2.45) is 50.2 Å². The molecule has 5 aliphatic carbocycles. The maximum absolute atomic E-state index is 14.4. The van der Waals surface area contributed by atoms with Crippen LogP contribution in [0.4, 0.5) is 0 Å². The minimum Gasteiger partial charge on any atom is -0.352 e. The van der Waals surface area contributed by atoms with Crippen molar-refractivity contribution in [1.82, 2.24) is 5.32 Å². The minimum absolute atomic E-state index is 0.00683. The van der Waals surface area contributed by atoms with Gasteiger partial charge < -0.3 is 5.32 Å². The number of amides is 1. The van der Waals surface area contributed by atoms with E-state index in [1.54, 1.807) is 6.08 Å². The molecular weight excluding hydrogens is 442 g/mol. The zero-order valence-electron chi connectivity index (χ0n) is 24.2. The second kappa shape index (κ2) is 8.06. The summed E-state index contributed by atoms with van der Waals surface area (Å²) in [5, 5.41) is 3.09. The number of allylic oxidation sites excluding steroid dienone is 2. The summed E-state index contributed by atoms with van der Waals surface area (Å²) < 4.78 is 0. The molecule has 0 heterocycles. The van der Waals surface area contributed by atoms with Gasteiger partial charge >= 0.3 is 0 Å². The Morgan fingerprint density at radius 2 is 1.69 bits per heavy atom. The molecule has 0 radical (unpaired) electrons. The maximum Gasteiger partial charge on any atom is 0.226 e. The highest BCUT2D eigenvalue weighted by Gasteiger charge is 2.69. The highest BCUT2D eigenvalue weighted by molar-refractivity contribution is 5.95. The Hall–Kier alpha value is -1.38. The summed E-state index contributed by atoms with van der Waals surface area (Å²) in [7, 11) is 0. The molecule has 0 spiro atoms. The van der Waals surface area contributed by atoms with E-state index in [2.05, 4.69) is 66.4 Å². The highest BCUT2D eigenvalue weighted by Crippen LogP contribution is 2.75. The summed E-state index contributed by atoms with van der Waals surface area (Å²) in [6, 6.07) is 0. The third-order valence-corrected chi connectivity index (χ3v) is 13.3. The third-order valence-electron chi connectivity index (χ3n) is 13.3. The molecule has 0 bridgehead atoms. The fourth-order valence-electron chi connectivity index (χ4n) is 10.9. The Labute approximate surface area is 220 Å². The molecule has 4 fully saturated rings. The first kappa shape index (κ1) is 26.2. The quantitative estimate of drug-likeness (QED) is 0.410. The number of ketones is 1. The Bertz CT molecular complexity index is 1010. The number of hydrogen-bond donors (Lipinski definition) is 1. The van der Waals surface area contributed by atoms with Crippen LogP contribution >= 0.6 is 0 Å². The van der Waals surface area contributed by atoms with E-state index >= 15 is 0 Å². The van der Waals surface area contributed by atoms with Crippen molar-refractivity contribution in [3.8, 4) is 0 Å². The van der Waals surface area contributed by atoms with Gasteiger partial charge in [-0.25, -0.2) is 0 Å². The van der Waals surface area contributed by atoms with Gasteiger partial charge in [0.25, 0.3) is 0 Å². The van der Waals surface area contributed by atoms with Gasteiger partial charge in [0.1, 0.15) is 0 Å². The lowest BCUT2D eigenvalue weighted by atomic mass is 9.33. The van der Waals surface area contributed by atoms with E-state index in [-0.39, 0.29) is 38.9 Å². The van der Waals surface area contributed by atoms with E-state index in [1.807, 2.05) is 0 Å². The van der Waals surface area contributed by atoms with E-state index in [9.17, 15) is 9.59 Å². The molecule has 8 atom stereocenters. The summed E-state index contributed by atoms with van der Waals surface area (Å²) in [5.74, 6) is 1.61. The molecule has 36 heavy (non-hydrogen) atoms. The molecule has 4 saturated carbocycles. The smallest absolute Gasteiger partial charge is 0.226 e. The van der Waals surface area contributed by atoms with Crippen molar-refractivity contribution >= 4 is 11.7 Å². The minimum atomic E-state index is -0.385. The Balaban J connectivity index is 1.57. The first-order valence-electron chi connectivity index (χ1n) is 14.8. The number of carbonyl (C=O) groups excluding carboxylic acids is 2. The molecule has 1 N–H and O–H groups in total. The van der Waals surface area contributed by atoms with E-state index in [4.69, 9.17) is 0 Å². The first-order valence-corrected chi connectivity index (χ1v) is 14.8. The molecule has 1 amide bonds. The van der Waals surface area contributed by atoms with E-state index in [0.29, 0.717) is 29.6 Å². The van der Waals surface area contributed by atoms with Crippen LogP contribution in [0.1, 0.15) is 113 Å². The van der Waals surface area contributed by atoms with Gasteiger partial charge in [-0.1, -0.05) is 66.5 Å². The lowest BCUT2D eigenvalue weighted by molar-refractivity contribution is -0.184. The summed E-state index contributed by atoms with van der Waals surface area (Å²) in [5.41, 5.74) is 1.62. The van der Waals surface area contributed by atoms with Crippen LogP contribution in [0, 0.1) is 50.2 Å². The molecule has 3 nitrogen and oxygen atoms in total. The normalized spacial score (nSPS) is 49.5. The van der Waals surface area contributed by atoms with Crippen molar-refractivity contribution in [2.75, 3.05) is 6.54 Å². The van der Waals surface area contributed by atoms with Crippen LogP contribution in [0.3, 0.4) is 0 Å². The Morgan fingerprint density at radius 3 is 2.39 bits per heavy atom. The maximum atomic E-state index is 14.4. The van der Waals surface area contributed by atoms with Gasteiger partial charge in [-0.3, -0.25) is 9.59 Å². The van der Waals surface area contributed by atoms with Crippen LogP contribution in [0.2, 0.25) is 0 Å². The SMILES string of the molecule is C=CCNC(=O)C1(C)CC[C@]2(C)CC[C@]3(C)C(=CC(=O)[C@@H]4[C@@]5(C)CCCC(C)(C)C5CC[C@]43C)[C@H]2C1. The van der Waals surface area contributed by atoms with Crippen molar-refractivity contribution < 1.29 is 9.59 Å². The predicted molar refractivity (Wildman–Crippen MR) is 147 cm³/mol. The molecule has 0 aromatic heterocycles. The van der Waals surface area contributed by atoms with Gasteiger partial charge in [0.05, 0.1) is 0 Å². The van der Waals surface area contributed by atoms with Gasteiger partial charge in [-0.15, -0.1) is 6.58 Å². The summed E-state index contributed by atoms with van der Waals surface area (Å²) in [6.45, 7) is 21.3. The highest BCUT2D eigenvalue weighted by atomic mass is 16.2. The zero-order chi connectivity index (χ0) is 26.4. The topological polar surface area (TPSA) is 46.2 Å². The van der Waals surface area contributed by atoms with Crippen molar-refractivity contribution in [3.63, 3.8) is 0 Å². The lowest BCUT2D eigenvalue weighted by Gasteiger charge is -2.70. The molecular formula is C33H51NO2. The van der Waals surface area contributed by atoms with Crippen molar-refractivity contribution in [1.29, 1.82) is 0 Å². The van der Waals surface area contributed by atoms with Crippen molar-refractivity contribution in [2.45, 2.75) is 113 Å². The van der Waals surface area contributed by atoms with Crippen LogP contribution in [0.15, 0.2) is 24.3 Å².